The van der Waals surface area contributed by atoms with Crippen molar-refractivity contribution < 1.29 is 24.2 Å². The Morgan fingerprint density at radius 2 is 1.92 bits per heavy atom. The first kappa shape index (κ1) is 27.7. The predicted octanol–water partition coefficient (Wildman–Crippen LogP) is 1.27. The molecule has 2 saturated heterocycles. The van der Waals surface area contributed by atoms with Gasteiger partial charge in [0.1, 0.15) is 29.2 Å². The number of halogens is 1. The van der Waals surface area contributed by atoms with Crippen LogP contribution in [0.3, 0.4) is 0 Å². The summed E-state index contributed by atoms with van der Waals surface area (Å²) in [5.41, 5.74) is 5.92. The van der Waals surface area contributed by atoms with E-state index in [0.717, 1.165) is 0 Å². The van der Waals surface area contributed by atoms with Crippen molar-refractivity contribution in [2.24, 2.45) is 11.1 Å². The van der Waals surface area contributed by atoms with Crippen molar-refractivity contribution in [2.75, 3.05) is 0 Å². The Morgan fingerprint density at radius 1 is 1.28 bits per heavy atom. The fourth-order valence-electron chi connectivity index (χ4n) is 3.99. The van der Waals surface area contributed by atoms with Gasteiger partial charge in [-0.05, 0) is 57.5 Å². The minimum atomic E-state index is -0.981. The second-order valence-electron chi connectivity index (χ2n) is 10.1. The first-order chi connectivity index (χ1) is 16.3. The Morgan fingerprint density at radius 3 is 2.53 bits per heavy atom. The molecule has 0 bridgehead atoms. The van der Waals surface area contributed by atoms with E-state index in [9.17, 15) is 19.5 Å². The summed E-state index contributed by atoms with van der Waals surface area (Å²) < 4.78 is 4.77. The number of carbonyl (C=O) groups is 3. The van der Waals surface area contributed by atoms with Gasteiger partial charge in [-0.3, -0.25) is 14.4 Å². The van der Waals surface area contributed by atoms with Crippen LogP contribution in [0.15, 0.2) is 24.3 Å². The van der Waals surface area contributed by atoms with Crippen LogP contribution >= 0.6 is 24.2 Å². The first-order valence-corrected chi connectivity index (χ1v) is 12.0. The molecule has 12 nitrogen and oxygen atoms in total. The van der Waals surface area contributed by atoms with Crippen molar-refractivity contribution >= 4 is 42.0 Å². The van der Waals surface area contributed by atoms with E-state index in [0.29, 0.717) is 11.4 Å². The molecule has 4 N–H and O–H groups in total. The molecule has 196 valence electrons. The number of aromatic nitrogens is 4. The molecule has 3 unspecified atom stereocenters. The Bertz CT molecular complexity index is 1150. The van der Waals surface area contributed by atoms with Crippen LogP contribution < -0.4 is 11.1 Å². The SMILES string of the molecule is CC(C)(C)C(=O)OCn1nnc(C2N3C(=O)C(NC(=O)C(N)c4ccc(O)cc4)[C@@H]3SC2(C)C)n1.Cl. The average Bonchev–Trinajstić information content (AvgIpc) is 3.34. The summed E-state index contributed by atoms with van der Waals surface area (Å²) in [6.45, 7) is 8.99. The lowest BCUT2D eigenvalue weighted by atomic mass is 9.95. The van der Waals surface area contributed by atoms with Crippen LogP contribution in [0.4, 0.5) is 0 Å². The van der Waals surface area contributed by atoms with Gasteiger partial charge in [-0.25, -0.2) is 0 Å². The average molecular weight is 540 g/mol. The van der Waals surface area contributed by atoms with Crippen molar-refractivity contribution in [1.82, 2.24) is 30.4 Å². The summed E-state index contributed by atoms with van der Waals surface area (Å²) in [7, 11) is 0. The number of hydrogen-bond acceptors (Lipinski definition) is 10. The minimum absolute atomic E-state index is 0. The molecule has 0 aliphatic carbocycles. The van der Waals surface area contributed by atoms with Gasteiger partial charge in [0.05, 0.1) is 5.41 Å². The number of amides is 2. The molecule has 1 aromatic carbocycles. The van der Waals surface area contributed by atoms with E-state index in [1.54, 1.807) is 37.8 Å². The van der Waals surface area contributed by atoms with E-state index in [4.69, 9.17) is 10.5 Å². The van der Waals surface area contributed by atoms with Crippen LogP contribution in [-0.2, 0) is 25.9 Å². The number of nitrogens with zero attached hydrogens (tertiary/aromatic N) is 5. The number of phenolic OH excluding ortho intramolecular Hbond substituents is 1. The lowest BCUT2D eigenvalue weighted by Gasteiger charge is -2.44. The Kier molecular flexibility index (Phi) is 7.59. The number of tetrazole rings is 1. The fraction of sp³-hybridized carbons (Fsp3) is 0.545. The first-order valence-electron chi connectivity index (χ1n) is 11.1. The van der Waals surface area contributed by atoms with Gasteiger partial charge in [0.25, 0.3) is 0 Å². The highest BCUT2D eigenvalue weighted by Gasteiger charge is 2.63. The number of phenols is 1. The van der Waals surface area contributed by atoms with Crippen molar-refractivity contribution in [3.63, 3.8) is 0 Å². The zero-order valence-electron chi connectivity index (χ0n) is 20.5. The van der Waals surface area contributed by atoms with E-state index in [2.05, 4.69) is 20.7 Å². The monoisotopic (exact) mass is 539 g/mol. The van der Waals surface area contributed by atoms with Crippen LogP contribution in [-0.4, -0.2) is 64.2 Å². The number of fused-ring (bicyclic) bond motifs is 1. The number of carbonyl (C=O) groups excluding carboxylic acids is 3. The second-order valence-corrected chi connectivity index (χ2v) is 11.9. The van der Waals surface area contributed by atoms with Crippen molar-refractivity contribution in [2.45, 2.75) is 69.6 Å². The van der Waals surface area contributed by atoms with Gasteiger partial charge in [0.2, 0.25) is 18.5 Å². The summed E-state index contributed by atoms with van der Waals surface area (Å²) in [5, 5.41) is 24.3. The Hall–Kier alpha value is -2.90. The van der Waals surface area contributed by atoms with Crippen LogP contribution in [0.5, 0.6) is 5.75 Å². The van der Waals surface area contributed by atoms with E-state index in [1.807, 2.05) is 13.8 Å². The molecule has 2 fully saturated rings. The second kappa shape index (κ2) is 9.87. The maximum Gasteiger partial charge on any atom is 0.313 e. The number of rotatable bonds is 6. The van der Waals surface area contributed by atoms with Crippen LogP contribution in [0, 0.1) is 5.41 Å². The number of nitrogens with one attached hydrogen (secondary N) is 1. The molecule has 2 aliphatic heterocycles. The van der Waals surface area contributed by atoms with Crippen molar-refractivity contribution in [3.8, 4) is 5.75 Å². The van der Waals surface area contributed by atoms with Crippen molar-refractivity contribution in [3.05, 3.63) is 35.7 Å². The van der Waals surface area contributed by atoms with E-state index >= 15 is 0 Å². The number of nitrogens with two attached hydrogens (primary N) is 1. The van der Waals surface area contributed by atoms with E-state index < -0.39 is 40.2 Å². The largest absolute Gasteiger partial charge is 0.508 e. The number of esters is 1. The van der Waals surface area contributed by atoms with Gasteiger partial charge in [-0.2, -0.15) is 0 Å². The number of aromatic hydroxyl groups is 1. The molecule has 3 heterocycles. The third-order valence-corrected chi connectivity index (χ3v) is 7.48. The van der Waals surface area contributed by atoms with E-state index in [-0.39, 0.29) is 36.2 Å². The third-order valence-electron chi connectivity index (χ3n) is 5.91. The predicted molar refractivity (Wildman–Crippen MR) is 133 cm³/mol. The van der Waals surface area contributed by atoms with Gasteiger partial charge in [-0.1, -0.05) is 12.1 Å². The minimum Gasteiger partial charge on any atom is -0.508 e. The van der Waals surface area contributed by atoms with Gasteiger partial charge < -0.3 is 25.8 Å². The molecule has 36 heavy (non-hydrogen) atoms. The van der Waals surface area contributed by atoms with Gasteiger partial charge >= 0.3 is 5.97 Å². The van der Waals surface area contributed by atoms with Gasteiger partial charge in [0, 0.05) is 4.75 Å². The maximum atomic E-state index is 13.1. The number of hydrogen-bond donors (Lipinski definition) is 3. The van der Waals surface area contributed by atoms with Gasteiger partial charge in [0.15, 0.2) is 5.82 Å². The zero-order valence-corrected chi connectivity index (χ0v) is 22.2. The smallest absolute Gasteiger partial charge is 0.313 e. The van der Waals surface area contributed by atoms with Crippen molar-refractivity contribution in [1.29, 1.82) is 0 Å². The summed E-state index contributed by atoms with van der Waals surface area (Å²) in [6, 6.07) is 3.83. The number of β-lactam (4-membered cyclic amide) rings is 1. The molecule has 4 atom stereocenters. The van der Waals surface area contributed by atoms with Crippen LogP contribution in [0.2, 0.25) is 0 Å². The number of benzene rings is 1. The molecule has 4 rings (SSSR count). The summed E-state index contributed by atoms with van der Waals surface area (Å²) in [6.07, 6.45) is 0. The summed E-state index contributed by atoms with van der Waals surface area (Å²) in [5.74, 6) is -0.745. The normalized spacial score (nSPS) is 23.2. The number of thioether (sulfide) groups is 1. The maximum absolute atomic E-state index is 13.1. The Balaban J connectivity index is 0.00000361. The third kappa shape index (κ3) is 5.13. The molecule has 0 radical (unpaired) electrons. The highest BCUT2D eigenvalue weighted by Crippen LogP contribution is 2.56. The lowest BCUT2D eigenvalue weighted by molar-refractivity contribution is -0.158. The quantitative estimate of drug-likeness (QED) is 0.359. The van der Waals surface area contributed by atoms with E-state index in [1.165, 1.54) is 28.7 Å². The molecule has 0 spiro atoms. The molecule has 2 amide bonds. The van der Waals surface area contributed by atoms with Crippen LogP contribution in [0.25, 0.3) is 0 Å². The number of ether oxygens (including phenoxy) is 1. The molecular formula is C22H30ClN7O5S. The zero-order chi connectivity index (χ0) is 25.7. The molecule has 2 aromatic rings. The van der Waals surface area contributed by atoms with Gasteiger partial charge in [-0.15, -0.1) is 39.2 Å². The molecule has 0 saturated carbocycles. The lowest BCUT2D eigenvalue weighted by Crippen LogP contribution is -2.68. The highest BCUT2D eigenvalue weighted by molar-refractivity contribution is 8.01. The molecule has 2 aliphatic rings. The Labute approximate surface area is 218 Å². The molecule has 14 heteroatoms. The highest BCUT2D eigenvalue weighted by atomic mass is 35.5. The topological polar surface area (TPSA) is 166 Å². The fourth-order valence-corrected chi connectivity index (χ4v) is 5.62. The standard InChI is InChI=1S/C22H29N7O5S.ClH/c1-21(2,3)20(33)34-10-28-26-16(25-27-28)15-22(4,5)35-19-14(18(32)29(15)19)24-17(31)13(23)11-6-8-12(30)9-7-11;/h6-9,13-15,19,30H,10,23H2,1-5H3,(H,24,31);1H/t13?,14?,15?,19-;/m0./s1. The van der Waals surface area contributed by atoms with Crippen LogP contribution in [0.1, 0.15) is 58.1 Å². The molecular weight excluding hydrogens is 510 g/mol. The summed E-state index contributed by atoms with van der Waals surface area (Å²) >= 11 is 1.53. The summed E-state index contributed by atoms with van der Waals surface area (Å²) in [4.78, 5) is 40.6. The molecule has 1 aromatic heterocycles.